The minimum absolute atomic E-state index is 0.199. The molecule has 1 aliphatic heterocycles. The van der Waals surface area contributed by atoms with Crippen LogP contribution >= 0.6 is 0 Å². The molecular weight excluding hydrogens is 316 g/mol. The molecule has 2 unspecified atom stereocenters. The highest BCUT2D eigenvalue weighted by molar-refractivity contribution is 5.32. The summed E-state index contributed by atoms with van der Waals surface area (Å²) in [5.74, 6) is 0. The summed E-state index contributed by atoms with van der Waals surface area (Å²) in [4.78, 5) is 4.67. The van der Waals surface area contributed by atoms with E-state index in [2.05, 4.69) is 34.1 Å². The summed E-state index contributed by atoms with van der Waals surface area (Å²) in [5, 5.41) is 20.0. The second-order valence-electron chi connectivity index (χ2n) is 7.25. The summed E-state index contributed by atoms with van der Waals surface area (Å²) < 4.78 is 5.39. The van der Waals surface area contributed by atoms with Crippen LogP contribution in [0.15, 0.2) is 24.3 Å². The van der Waals surface area contributed by atoms with Gasteiger partial charge in [0.25, 0.3) is 0 Å². The molecule has 0 aromatic heterocycles. The van der Waals surface area contributed by atoms with Gasteiger partial charge in [-0.05, 0) is 36.8 Å². The fourth-order valence-corrected chi connectivity index (χ4v) is 4.17. The van der Waals surface area contributed by atoms with Crippen molar-refractivity contribution < 1.29 is 14.9 Å². The van der Waals surface area contributed by atoms with Gasteiger partial charge in [-0.2, -0.15) is 0 Å². The number of aliphatic hydroxyl groups is 2. The summed E-state index contributed by atoms with van der Waals surface area (Å²) in [6.07, 6.45) is 3.86. The van der Waals surface area contributed by atoms with E-state index in [0.717, 1.165) is 52.1 Å². The van der Waals surface area contributed by atoms with E-state index in [4.69, 9.17) is 4.74 Å². The fraction of sp³-hybridized carbons (Fsp3) is 0.700. The maximum Gasteiger partial charge on any atom is 0.0794 e. The molecule has 25 heavy (non-hydrogen) atoms. The van der Waals surface area contributed by atoms with E-state index >= 15 is 0 Å². The van der Waals surface area contributed by atoms with Crippen LogP contribution in [0.2, 0.25) is 0 Å². The second-order valence-corrected chi connectivity index (χ2v) is 7.25. The maximum atomic E-state index is 10.7. The van der Waals surface area contributed by atoms with Gasteiger partial charge in [0.1, 0.15) is 0 Å². The van der Waals surface area contributed by atoms with Crippen molar-refractivity contribution in [2.45, 2.75) is 37.8 Å². The highest BCUT2D eigenvalue weighted by atomic mass is 16.5. The predicted octanol–water partition coefficient (Wildman–Crippen LogP) is 1.44. The van der Waals surface area contributed by atoms with Crippen LogP contribution in [0.25, 0.3) is 0 Å². The number of β-amino-alcohol motifs (C(OH)–C–C–N with tert-alkyl or cyclic N) is 1. The Kier molecular flexibility index (Phi) is 7.25. The van der Waals surface area contributed by atoms with Crippen molar-refractivity contribution in [3.8, 4) is 0 Å². The molecule has 0 spiro atoms. The SMILES string of the molecule is OCCCN(CC(O)CN1CCOCC1)C1CCCc2ccccc21. The van der Waals surface area contributed by atoms with Crippen LogP contribution in [0.3, 0.4) is 0 Å². The molecule has 5 nitrogen and oxygen atoms in total. The van der Waals surface area contributed by atoms with E-state index in [0.29, 0.717) is 19.1 Å². The number of benzene rings is 1. The zero-order valence-electron chi connectivity index (χ0n) is 15.1. The van der Waals surface area contributed by atoms with Crippen molar-refractivity contribution in [3.05, 3.63) is 35.4 Å². The van der Waals surface area contributed by atoms with Crippen molar-refractivity contribution in [1.82, 2.24) is 9.80 Å². The lowest BCUT2D eigenvalue weighted by atomic mass is 9.86. The number of fused-ring (bicyclic) bond motifs is 1. The lowest BCUT2D eigenvalue weighted by Crippen LogP contribution is -2.46. The molecule has 2 N–H and O–H groups in total. The number of ether oxygens (including phenoxy) is 1. The first kappa shape index (κ1) is 18.8. The molecule has 1 aromatic rings. The summed E-state index contributed by atoms with van der Waals surface area (Å²) >= 11 is 0. The number of aryl methyl sites for hydroxylation is 1. The first-order valence-corrected chi connectivity index (χ1v) is 9.69. The van der Waals surface area contributed by atoms with E-state index < -0.39 is 0 Å². The molecule has 0 saturated carbocycles. The van der Waals surface area contributed by atoms with Gasteiger partial charge in [-0.25, -0.2) is 0 Å². The Morgan fingerprint density at radius 2 is 2.04 bits per heavy atom. The van der Waals surface area contributed by atoms with Gasteiger partial charge in [-0.1, -0.05) is 24.3 Å². The van der Waals surface area contributed by atoms with E-state index in [-0.39, 0.29) is 12.7 Å². The van der Waals surface area contributed by atoms with Crippen LogP contribution in [0.1, 0.15) is 36.4 Å². The maximum absolute atomic E-state index is 10.7. The van der Waals surface area contributed by atoms with Gasteiger partial charge < -0.3 is 14.9 Å². The highest BCUT2D eigenvalue weighted by Gasteiger charge is 2.27. The predicted molar refractivity (Wildman–Crippen MR) is 98.7 cm³/mol. The quantitative estimate of drug-likeness (QED) is 0.745. The van der Waals surface area contributed by atoms with Crippen LogP contribution in [0, 0.1) is 0 Å². The smallest absolute Gasteiger partial charge is 0.0794 e. The molecule has 1 aromatic carbocycles. The molecule has 3 rings (SSSR count). The van der Waals surface area contributed by atoms with Gasteiger partial charge in [0.2, 0.25) is 0 Å². The Balaban J connectivity index is 1.65. The molecule has 140 valence electrons. The summed E-state index contributed by atoms with van der Waals surface area (Å²) in [6, 6.07) is 9.06. The normalized spacial score (nSPS) is 22.8. The van der Waals surface area contributed by atoms with Gasteiger partial charge in [0, 0.05) is 45.4 Å². The Hall–Kier alpha value is -0.980. The summed E-state index contributed by atoms with van der Waals surface area (Å²) in [7, 11) is 0. The van der Waals surface area contributed by atoms with Crippen molar-refractivity contribution in [2.75, 3.05) is 52.5 Å². The molecular formula is C20H32N2O3. The van der Waals surface area contributed by atoms with Crippen LogP contribution in [0.5, 0.6) is 0 Å². The average molecular weight is 348 g/mol. The van der Waals surface area contributed by atoms with Gasteiger partial charge >= 0.3 is 0 Å². The monoisotopic (exact) mass is 348 g/mol. The first-order chi connectivity index (χ1) is 12.3. The minimum atomic E-state index is -0.370. The van der Waals surface area contributed by atoms with E-state index in [9.17, 15) is 10.2 Å². The third kappa shape index (κ3) is 5.25. The Morgan fingerprint density at radius 3 is 2.84 bits per heavy atom. The van der Waals surface area contributed by atoms with Crippen molar-refractivity contribution in [1.29, 1.82) is 0 Å². The molecule has 0 bridgehead atoms. The third-order valence-electron chi connectivity index (χ3n) is 5.40. The number of nitrogens with zero attached hydrogens (tertiary/aromatic N) is 2. The molecule has 1 saturated heterocycles. The highest BCUT2D eigenvalue weighted by Crippen LogP contribution is 2.34. The van der Waals surface area contributed by atoms with E-state index in [1.54, 1.807) is 0 Å². The van der Waals surface area contributed by atoms with Crippen molar-refractivity contribution in [3.63, 3.8) is 0 Å². The molecule has 1 aliphatic carbocycles. The van der Waals surface area contributed by atoms with Crippen molar-refractivity contribution >= 4 is 0 Å². The second kappa shape index (κ2) is 9.64. The lowest BCUT2D eigenvalue weighted by Gasteiger charge is -2.38. The van der Waals surface area contributed by atoms with Crippen LogP contribution in [-0.4, -0.2) is 78.7 Å². The Morgan fingerprint density at radius 1 is 1.24 bits per heavy atom. The standard InChI is InChI=1S/C20H32N2O3/c23-12-4-9-22(16-18(24)15-21-10-13-25-14-11-21)20-8-3-6-17-5-1-2-7-19(17)20/h1-2,5,7,18,20,23-24H,3-4,6,8-16H2. The fourth-order valence-electron chi connectivity index (χ4n) is 4.17. The topological polar surface area (TPSA) is 56.2 Å². The van der Waals surface area contributed by atoms with E-state index in [1.807, 2.05) is 0 Å². The molecule has 2 aliphatic rings. The van der Waals surface area contributed by atoms with Crippen LogP contribution in [-0.2, 0) is 11.2 Å². The number of rotatable bonds is 8. The number of hydrogen-bond acceptors (Lipinski definition) is 5. The van der Waals surface area contributed by atoms with Crippen molar-refractivity contribution in [2.24, 2.45) is 0 Å². The summed E-state index contributed by atoms with van der Waals surface area (Å²) in [6.45, 7) is 5.72. The van der Waals surface area contributed by atoms with Gasteiger partial charge in [0.05, 0.1) is 19.3 Å². The van der Waals surface area contributed by atoms with Crippen LogP contribution < -0.4 is 0 Å². The zero-order chi connectivity index (χ0) is 17.5. The Labute approximate surface area is 151 Å². The first-order valence-electron chi connectivity index (χ1n) is 9.69. The number of hydrogen-bond donors (Lipinski definition) is 2. The number of aliphatic hydroxyl groups excluding tert-OH is 2. The molecule has 0 amide bonds. The van der Waals surface area contributed by atoms with Gasteiger partial charge in [0.15, 0.2) is 0 Å². The largest absolute Gasteiger partial charge is 0.396 e. The number of morpholine rings is 1. The molecule has 2 atom stereocenters. The van der Waals surface area contributed by atoms with Crippen LogP contribution in [0.4, 0.5) is 0 Å². The lowest BCUT2D eigenvalue weighted by molar-refractivity contribution is 0.00124. The third-order valence-corrected chi connectivity index (χ3v) is 5.40. The van der Waals surface area contributed by atoms with Gasteiger partial charge in [-0.15, -0.1) is 0 Å². The molecule has 1 fully saturated rings. The average Bonchev–Trinajstić information content (AvgIpc) is 2.65. The molecule has 5 heteroatoms. The summed E-state index contributed by atoms with van der Waals surface area (Å²) in [5.41, 5.74) is 2.85. The zero-order valence-corrected chi connectivity index (χ0v) is 15.1. The van der Waals surface area contributed by atoms with E-state index in [1.165, 1.54) is 17.5 Å². The van der Waals surface area contributed by atoms with Gasteiger partial charge in [-0.3, -0.25) is 9.80 Å². The Bertz CT molecular complexity index is 519. The molecule has 1 heterocycles. The minimum Gasteiger partial charge on any atom is -0.396 e. The molecule has 0 radical (unpaired) electrons.